The molecule has 0 spiro atoms. The number of rotatable bonds is 10. The van der Waals surface area contributed by atoms with E-state index in [9.17, 15) is 4.79 Å². The van der Waals surface area contributed by atoms with Gasteiger partial charge in [-0.3, -0.25) is 14.3 Å². The smallest absolute Gasteiger partial charge is 0.233 e. The van der Waals surface area contributed by atoms with Gasteiger partial charge in [-0.1, -0.05) is 42.1 Å². The zero-order chi connectivity index (χ0) is 20.8. The normalized spacial score (nSPS) is 13.4. The van der Waals surface area contributed by atoms with Gasteiger partial charge in [0.15, 0.2) is 11.0 Å². The molecule has 30 heavy (non-hydrogen) atoms. The summed E-state index contributed by atoms with van der Waals surface area (Å²) in [5.74, 6) is 1.20. The van der Waals surface area contributed by atoms with Gasteiger partial charge in [-0.25, -0.2) is 0 Å². The van der Waals surface area contributed by atoms with Crippen molar-refractivity contribution in [3.63, 3.8) is 0 Å². The lowest BCUT2D eigenvalue weighted by Crippen LogP contribution is -2.34. The van der Waals surface area contributed by atoms with Crippen molar-refractivity contribution in [1.29, 1.82) is 0 Å². The van der Waals surface area contributed by atoms with Crippen LogP contribution in [0.4, 0.5) is 0 Å². The van der Waals surface area contributed by atoms with E-state index in [2.05, 4.69) is 19.7 Å². The molecule has 4 rings (SSSR count). The largest absolute Gasteiger partial charge is 0.383 e. The maximum Gasteiger partial charge on any atom is 0.233 e. The Morgan fingerprint density at radius 1 is 1.20 bits per heavy atom. The zero-order valence-corrected chi connectivity index (χ0v) is 17.8. The fraction of sp³-hybridized carbons (Fsp3) is 0.364. The molecule has 1 amide bonds. The van der Waals surface area contributed by atoms with E-state index in [1.165, 1.54) is 11.8 Å². The van der Waals surface area contributed by atoms with Crippen LogP contribution in [0.1, 0.15) is 24.4 Å². The average molecular weight is 424 g/mol. The fourth-order valence-corrected chi connectivity index (χ4v) is 4.15. The highest BCUT2D eigenvalue weighted by atomic mass is 32.2. The molecule has 7 nitrogen and oxygen atoms in total. The van der Waals surface area contributed by atoms with Crippen molar-refractivity contribution in [2.24, 2.45) is 0 Å². The van der Waals surface area contributed by atoms with Crippen LogP contribution in [0.25, 0.3) is 11.4 Å². The number of methoxy groups -OCH3 is 1. The number of carbonyl (C=O) groups is 1. The maximum atomic E-state index is 13.0. The Hall–Kier alpha value is -2.71. The lowest BCUT2D eigenvalue weighted by molar-refractivity contribution is -0.129. The third-order valence-electron chi connectivity index (χ3n) is 4.96. The Morgan fingerprint density at radius 3 is 2.73 bits per heavy atom. The Balaban J connectivity index is 1.46. The van der Waals surface area contributed by atoms with Gasteiger partial charge < -0.3 is 9.64 Å². The molecule has 0 bridgehead atoms. The monoisotopic (exact) mass is 423 g/mol. The van der Waals surface area contributed by atoms with Crippen LogP contribution in [0.5, 0.6) is 0 Å². The van der Waals surface area contributed by atoms with Crippen molar-refractivity contribution in [3.8, 4) is 11.4 Å². The zero-order valence-electron chi connectivity index (χ0n) is 17.0. The van der Waals surface area contributed by atoms with Gasteiger partial charge in [0.25, 0.3) is 0 Å². The molecule has 0 radical (unpaired) electrons. The third-order valence-corrected chi connectivity index (χ3v) is 5.88. The topological polar surface area (TPSA) is 73.1 Å². The molecular weight excluding hydrogens is 398 g/mol. The molecule has 0 aliphatic heterocycles. The summed E-state index contributed by atoms with van der Waals surface area (Å²) in [5, 5.41) is 9.57. The summed E-state index contributed by atoms with van der Waals surface area (Å²) in [4.78, 5) is 19.0. The van der Waals surface area contributed by atoms with Gasteiger partial charge in [0.05, 0.1) is 12.4 Å². The summed E-state index contributed by atoms with van der Waals surface area (Å²) in [5.41, 5.74) is 2.05. The van der Waals surface area contributed by atoms with Crippen LogP contribution in [0.15, 0.2) is 60.0 Å². The third kappa shape index (κ3) is 5.06. The first-order chi connectivity index (χ1) is 14.8. The molecule has 1 aliphatic rings. The Kier molecular flexibility index (Phi) is 6.76. The van der Waals surface area contributed by atoms with Crippen molar-refractivity contribution < 1.29 is 9.53 Å². The Morgan fingerprint density at radius 2 is 2.03 bits per heavy atom. The molecule has 1 saturated carbocycles. The number of ether oxygens (including phenoxy) is 1. The number of aromatic nitrogens is 4. The van der Waals surface area contributed by atoms with Crippen LogP contribution in [-0.4, -0.2) is 56.6 Å². The predicted molar refractivity (Wildman–Crippen MR) is 116 cm³/mol. The molecule has 156 valence electrons. The van der Waals surface area contributed by atoms with Crippen LogP contribution in [0.3, 0.4) is 0 Å². The van der Waals surface area contributed by atoms with E-state index < -0.39 is 0 Å². The van der Waals surface area contributed by atoms with Crippen molar-refractivity contribution in [1.82, 2.24) is 24.6 Å². The number of hydrogen-bond acceptors (Lipinski definition) is 6. The first-order valence-corrected chi connectivity index (χ1v) is 11.0. The van der Waals surface area contributed by atoms with E-state index in [0.717, 1.165) is 34.9 Å². The first-order valence-electron chi connectivity index (χ1n) is 10.0. The van der Waals surface area contributed by atoms with Gasteiger partial charge in [0.1, 0.15) is 0 Å². The molecule has 0 atom stereocenters. The first kappa shape index (κ1) is 20.6. The summed E-state index contributed by atoms with van der Waals surface area (Å²) in [6.07, 6.45) is 5.77. The summed E-state index contributed by atoms with van der Waals surface area (Å²) >= 11 is 1.45. The number of pyridine rings is 1. The predicted octanol–water partition coefficient (Wildman–Crippen LogP) is 3.44. The second-order valence-electron chi connectivity index (χ2n) is 7.23. The maximum absolute atomic E-state index is 13.0. The van der Waals surface area contributed by atoms with Gasteiger partial charge >= 0.3 is 0 Å². The molecule has 0 unspecified atom stereocenters. The van der Waals surface area contributed by atoms with Crippen molar-refractivity contribution >= 4 is 17.7 Å². The standard InChI is InChI=1S/C22H25N5O2S/c1-29-13-12-26(15-17-6-3-2-4-7-17)20(28)16-30-22-25-24-21(27(22)19-9-10-19)18-8-5-11-23-14-18/h2-8,11,14,19H,9-10,12-13,15-16H2,1H3. The van der Waals surface area contributed by atoms with Gasteiger partial charge in [0, 0.05) is 44.2 Å². The molecule has 1 aliphatic carbocycles. The van der Waals surface area contributed by atoms with E-state index in [-0.39, 0.29) is 5.91 Å². The second-order valence-corrected chi connectivity index (χ2v) is 8.17. The molecule has 0 N–H and O–H groups in total. The van der Waals surface area contributed by atoms with Gasteiger partial charge in [-0.2, -0.15) is 0 Å². The average Bonchev–Trinajstić information content (AvgIpc) is 3.55. The SMILES string of the molecule is COCCN(Cc1ccccc1)C(=O)CSc1nnc(-c2cccnc2)n1C1CC1. The Bertz CT molecular complexity index is 960. The van der Waals surface area contributed by atoms with Crippen LogP contribution in [0, 0.1) is 0 Å². The lowest BCUT2D eigenvalue weighted by atomic mass is 10.2. The van der Waals surface area contributed by atoms with E-state index in [4.69, 9.17) is 4.74 Å². The van der Waals surface area contributed by atoms with Gasteiger partial charge in [-0.05, 0) is 30.5 Å². The molecule has 0 saturated heterocycles. The van der Waals surface area contributed by atoms with E-state index in [1.807, 2.05) is 47.4 Å². The fourth-order valence-electron chi connectivity index (χ4n) is 3.24. The van der Waals surface area contributed by atoms with Gasteiger partial charge in [-0.15, -0.1) is 10.2 Å². The molecular formula is C22H25N5O2S. The number of hydrogen-bond donors (Lipinski definition) is 0. The van der Waals surface area contributed by atoms with Gasteiger partial charge in [0.2, 0.25) is 5.91 Å². The van der Waals surface area contributed by atoms with E-state index in [1.54, 1.807) is 19.5 Å². The molecule has 2 aromatic heterocycles. The minimum Gasteiger partial charge on any atom is -0.383 e. The minimum atomic E-state index is 0.0641. The van der Waals surface area contributed by atoms with Crippen molar-refractivity contribution in [2.75, 3.05) is 26.0 Å². The highest BCUT2D eigenvalue weighted by Crippen LogP contribution is 2.40. The van der Waals surface area contributed by atoms with Crippen LogP contribution in [-0.2, 0) is 16.1 Å². The molecule has 2 heterocycles. The second kappa shape index (κ2) is 9.86. The highest BCUT2D eigenvalue weighted by Gasteiger charge is 2.30. The van der Waals surface area contributed by atoms with Crippen molar-refractivity contribution in [2.45, 2.75) is 30.6 Å². The number of nitrogens with zero attached hydrogens (tertiary/aromatic N) is 5. The van der Waals surface area contributed by atoms with E-state index in [0.29, 0.717) is 31.5 Å². The molecule has 8 heteroatoms. The summed E-state index contributed by atoms with van der Waals surface area (Å²) in [6, 6.07) is 14.3. The van der Waals surface area contributed by atoms with Crippen LogP contribution < -0.4 is 0 Å². The number of thioether (sulfide) groups is 1. The van der Waals surface area contributed by atoms with Crippen molar-refractivity contribution in [3.05, 3.63) is 60.4 Å². The van der Waals surface area contributed by atoms with Crippen LogP contribution >= 0.6 is 11.8 Å². The highest BCUT2D eigenvalue weighted by molar-refractivity contribution is 7.99. The molecule has 1 fully saturated rings. The number of carbonyl (C=O) groups excluding carboxylic acids is 1. The number of benzene rings is 1. The summed E-state index contributed by atoms with van der Waals surface area (Å²) in [6.45, 7) is 1.63. The molecule has 3 aromatic rings. The lowest BCUT2D eigenvalue weighted by Gasteiger charge is -2.22. The van der Waals surface area contributed by atoms with E-state index >= 15 is 0 Å². The molecule has 1 aromatic carbocycles. The van der Waals surface area contributed by atoms with Crippen LogP contribution in [0.2, 0.25) is 0 Å². The minimum absolute atomic E-state index is 0.0641. The number of amides is 1. The quantitative estimate of drug-likeness (QED) is 0.465. The Labute approximate surface area is 180 Å². The summed E-state index contributed by atoms with van der Waals surface area (Å²) in [7, 11) is 1.65. The summed E-state index contributed by atoms with van der Waals surface area (Å²) < 4.78 is 7.36.